The molecular formula is C18H25NO6. The normalized spacial score (nSPS) is 34.0. The molecule has 0 bridgehead atoms. The zero-order valence-electron chi connectivity index (χ0n) is 14.9. The Morgan fingerprint density at radius 2 is 2.00 bits per heavy atom. The Morgan fingerprint density at radius 1 is 1.32 bits per heavy atom. The number of hydrogen-bond acceptors (Lipinski definition) is 6. The lowest BCUT2D eigenvalue weighted by molar-refractivity contribution is -0.361. The van der Waals surface area contributed by atoms with Gasteiger partial charge < -0.3 is 29.4 Å². The van der Waals surface area contributed by atoms with Gasteiger partial charge in [-0.2, -0.15) is 0 Å². The van der Waals surface area contributed by atoms with Crippen LogP contribution in [-0.2, 0) is 19.0 Å². The molecular weight excluding hydrogens is 326 g/mol. The van der Waals surface area contributed by atoms with E-state index in [1.165, 1.54) is 6.92 Å². The molecule has 2 N–H and O–H groups in total. The van der Waals surface area contributed by atoms with E-state index in [9.17, 15) is 9.90 Å². The van der Waals surface area contributed by atoms with Crippen LogP contribution in [0.1, 0.15) is 26.3 Å². The molecule has 5 atom stereocenters. The summed E-state index contributed by atoms with van der Waals surface area (Å²) in [5.74, 6) is -0.513. The molecule has 7 heteroatoms. The number of aliphatic hydroxyl groups excluding tert-OH is 1. The van der Waals surface area contributed by atoms with E-state index in [-0.39, 0.29) is 12.5 Å². The number of aryl methyl sites for hydroxylation is 1. The molecule has 1 amide bonds. The molecule has 0 saturated carbocycles. The molecule has 0 radical (unpaired) electrons. The second kappa shape index (κ2) is 6.92. The van der Waals surface area contributed by atoms with Gasteiger partial charge in [0.1, 0.15) is 30.1 Å². The molecule has 25 heavy (non-hydrogen) atoms. The van der Waals surface area contributed by atoms with Crippen LogP contribution in [0.25, 0.3) is 0 Å². The molecule has 0 aromatic heterocycles. The maximum absolute atomic E-state index is 11.6. The Labute approximate surface area is 147 Å². The summed E-state index contributed by atoms with van der Waals surface area (Å²) in [5, 5.41) is 13.5. The van der Waals surface area contributed by atoms with Crippen LogP contribution in [0.3, 0.4) is 0 Å². The minimum atomic E-state index is -0.985. The van der Waals surface area contributed by atoms with Crippen molar-refractivity contribution < 1.29 is 28.8 Å². The minimum Gasteiger partial charge on any atom is -0.463 e. The minimum absolute atomic E-state index is 0.273. The summed E-state index contributed by atoms with van der Waals surface area (Å²) in [6, 6.07) is 6.71. The van der Waals surface area contributed by atoms with Crippen molar-refractivity contribution in [1.82, 2.24) is 5.32 Å². The summed E-state index contributed by atoms with van der Waals surface area (Å²) in [4.78, 5) is 11.6. The fraction of sp³-hybridized carbons (Fsp3) is 0.611. The molecule has 7 nitrogen and oxygen atoms in total. The summed E-state index contributed by atoms with van der Waals surface area (Å²) in [6.45, 7) is 7.19. The molecule has 0 unspecified atom stereocenters. The maximum Gasteiger partial charge on any atom is 0.223 e. The Bertz CT molecular complexity index is 616. The lowest BCUT2D eigenvalue weighted by atomic mass is 9.95. The number of benzene rings is 1. The first-order chi connectivity index (χ1) is 11.7. The van der Waals surface area contributed by atoms with E-state index in [0.29, 0.717) is 5.75 Å². The molecule has 1 aromatic rings. The van der Waals surface area contributed by atoms with Gasteiger partial charge in [0.15, 0.2) is 5.79 Å². The fourth-order valence-corrected chi connectivity index (χ4v) is 3.08. The van der Waals surface area contributed by atoms with Gasteiger partial charge >= 0.3 is 0 Å². The molecule has 0 aliphatic carbocycles. The van der Waals surface area contributed by atoms with Crippen LogP contribution < -0.4 is 10.1 Å². The van der Waals surface area contributed by atoms with Crippen molar-refractivity contribution in [1.29, 1.82) is 0 Å². The smallest absolute Gasteiger partial charge is 0.223 e. The van der Waals surface area contributed by atoms with Crippen molar-refractivity contribution >= 4 is 5.91 Å². The maximum atomic E-state index is 11.6. The SMILES string of the molecule is CC(=O)N[C@H]1[C@H](Oc2ccc(C)cc2)O[C@H]2COC(C)(C)O[C@H]2[C@H]1O. The summed E-state index contributed by atoms with van der Waals surface area (Å²) in [5.41, 5.74) is 1.10. The Kier molecular flexibility index (Phi) is 5.02. The predicted octanol–water partition coefficient (Wildman–Crippen LogP) is 1.12. The van der Waals surface area contributed by atoms with E-state index in [1.807, 2.05) is 31.2 Å². The van der Waals surface area contributed by atoms with Gasteiger partial charge in [-0.25, -0.2) is 0 Å². The van der Waals surface area contributed by atoms with Gasteiger partial charge in [0.05, 0.1) is 6.61 Å². The third-order valence-corrected chi connectivity index (χ3v) is 4.33. The lowest BCUT2D eigenvalue weighted by Crippen LogP contribution is -2.69. The number of fused-ring (bicyclic) bond motifs is 1. The zero-order chi connectivity index (χ0) is 18.2. The van der Waals surface area contributed by atoms with E-state index < -0.39 is 36.4 Å². The fourth-order valence-electron chi connectivity index (χ4n) is 3.08. The van der Waals surface area contributed by atoms with Crippen LogP contribution in [0, 0.1) is 6.92 Å². The second-order valence-electron chi connectivity index (χ2n) is 6.98. The summed E-state index contributed by atoms with van der Waals surface area (Å²) < 4.78 is 23.3. The van der Waals surface area contributed by atoms with Crippen molar-refractivity contribution in [2.75, 3.05) is 6.61 Å². The molecule has 2 fully saturated rings. The van der Waals surface area contributed by atoms with Gasteiger partial charge in [0.2, 0.25) is 12.2 Å². The first kappa shape index (κ1) is 18.1. The highest BCUT2D eigenvalue weighted by Gasteiger charge is 2.52. The van der Waals surface area contributed by atoms with Crippen molar-refractivity contribution in [2.45, 2.75) is 64.1 Å². The Morgan fingerprint density at radius 3 is 2.64 bits per heavy atom. The molecule has 2 saturated heterocycles. The highest BCUT2D eigenvalue weighted by Crippen LogP contribution is 2.33. The summed E-state index contributed by atoms with van der Waals surface area (Å²) in [7, 11) is 0. The van der Waals surface area contributed by atoms with E-state index in [0.717, 1.165) is 5.56 Å². The number of carbonyl (C=O) groups is 1. The Balaban J connectivity index is 1.80. The van der Waals surface area contributed by atoms with Gasteiger partial charge in [-0.15, -0.1) is 0 Å². The third-order valence-electron chi connectivity index (χ3n) is 4.33. The quantitative estimate of drug-likeness (QED) is 0.849. The van der Waals surface area contributed by atoms with E-state index in [1.54, 1.807) is 13.8 Å². The van der Waals surface area contributed by atoms with E-state index >= 15 is 0 Å². The highest BCUT2D eigenvalue weighted by molar-refractivity contribution is 5.73. The predicted molar refractivity (Wildman–Crippen MR) is 89.0 cm³/mol. The van der Waals surface area contributed by atoms with Gasteiger partial charge in [-0.05, 0) is 32.9 Å². The second-order valence-corrected chi connectivity index (χ2v) is 6.98. The van der Waals surface area contributed by atoms with Crippen LogP contribution in [0.2, 0.25) is 0 Å². The first-order valence-corrected chi connectivity index (χ1v) is 8.41. The van der Waals surface area contributed by atoms with Crippen LogP contribution >= 0.6 is 0 Å². The van der Waals surface area contributed by atoms with Crippen molar-refractivity contribution in [3.05, 3.63) is 29.8 Å². The van der Waals surface area contributed by atoms with Gasteiger partial charge in [0.25, 0.3) is 0 Å². The molecule has 2 heterocycles. The standard InChI is InChI=1S/C18H25NO6/c1-10-5-7-12(8-6-10)23-17-14(19-11(2)20)15(21)16-13(24-17)9-22-18(3,4)25-16/h5-8,13-17,21H,9H2,1-4H3,(H,19,20)/t13-,14+,15-,16+,17+/m0/s1. The molecule has 1 aromatic carbocycles. The van der Waals surface area contributed by atoms with Crippen LogP contribution in [0.15, 0.2) is 24.3 Å². The average molecular weight is 351 g/mol. The molecule has 3 rings (SSSR count). The number of rotatable bonds is 3. The van der Waals surface area contributed by atoms with E-state index in [4.69, 9.17) is 18.9 Å². The lowest BCUT2D eigenvalue weighted by Gasteiger charge is -2.49. The van der Waals surface area contributed by atoms with Crippen LogP contribution in [0.5, 0.6) is 5.75 Å². The first-order valence-electron chi connectivity index (χ1n) is 8.41. The summed E-state index contributed by atoms with van der Waals surface area (Å²) >= 11 is 0. The van der Waals surface area contributed by atoms with Crippen LogP contribution in [0.4, 0.5) is 0 Å². The highest BCUT2D eigenvalue weighted by atomic mass is 16.8. The largest absolute Gasteiger partial charge is 0.463 e. The van der Waals surface area contributed by atoms with Gasteiger partial charge in [0, 0.05) is 6.92 Å². The number of nitrogens with one attached hydrogen (secondary N) is 1. The number of carbonyl (C=O) groups excluding carboxylic acids is 1. The molecule has 138 valence electrons. The molecule has 2 aliphatic rings. The third kappa shape index (κ3) is 4.12. The summed E-state index contributed by atoms with van der Waals surface area (Å²) in [6.07, 6.45) is -2.93. The Hall–Kier alpha value is -1.67. The zero-order valence-corrected chi connectivity index (χ0v) is 14.9. The van der Waals surface area contributed by atoms with Crippen molar-refractivity contribution in [2.24, 2.45) is 0 Å². The van der Waals surface area contributed by atoms with Crippen molar-refractivity contribution in [3.63, 3.8) is 0 Å². The van der Waals surface area contributed by atoms with Crippen LogP contribution in [-0.4, -0.2) is 54.1 Å². The van der Waals surface area contributed by atoms with Crippen molar-refractivity contribution in [3.8, 4) is 5.75 Å². The molecule has 0 spiro atoms. The number of amides is 1. The number of hydrogen-bond donors (Lipinski definition) is 2. The average Bonchev–Trinajstić information content (AvgIpc) is 2.53. The van der Waals surface area contributed by atoms with Gasteiger partial charge in [-0.1, -0.05) is 17.7 Å². The topological polar surface area (TPSA) is 86.3 Å². The number of ether oxygens (including phenoxy) is 4. The van der Waals surface area contributed by atoms with Gasteiger partial charge in [-0.3, -0.25) is 4.79 Å². The monoisotopic (exact) mass is 351 g/mol. The molecule has 2 aliphatic heterocycles. The number of aliphatic hydroxyl groups is 1. The van der Waals surface area contributed by atoms with E-state index in [2.05, 4.69) is 5.32 Å².